The van der Waals surface area contributed by atoms with Gasteiger partial charge in [0, 0.05) is 24.7 Å². The monoisotopic (exact) mass is 297 g/mol. The van der Waals surface area contributed by atoms with Gasteiger partial charge in [0.25, 0.3) is 0 Å². The van der Waals surface area contributed by atoms with Crippen molar-refractivity contribution in [3.8, 4) is 0 Å². The summed E-state index contributed by atoms with van der Waals surface area (Å²) in [6.45, 7) is 6.10. The molecular formula is C18H23N3O. The van der Waals surface area contributed by atoms with Gasteiger partial charge in [-0.05, 0) is 31.0 Å². The number of rotatable bonds is 6. The minimum absolute atomic E-state index is 0.140. The molecule has 0 saturated carbocycles. The molecular weight excluding hydrogens is 274 g/mol. The first-order chi connectivity index (χ1) is 10.6. The van der Waals surface area contributed by atoms with Crippen LogP contribution in [0.2, 0.25) is 0 Å². The van der Waals surface area contributed by atoms with E-state index in [1.807, 2.05) is 24.3 Å². The first kappa shape index (κ1) is 16.0. The van der Waals surface area contributed by atoms with Crippen molar-refractivity contribution in [2.45, 2.75) is 33.0 Å². The number of hydrogen-bond acceptors (Lipinski definition) is 3. The summed E-state index contributed by atoms with van der Waals surface area (Å²) < 4.78 is 0. The largest absolute Gasteiger partial charge is 0.409 e. The topological polar surface area (TPSA) is 61.8 Å². The van der Waals surface area contributed by atoms with Crippen molar-refractivity contribution in [1.29, 1.82) is 0 Å². The van der Waals surface area contributed by atoms with Crippen LogP contribution in [-0.4, -0.2) is 22.0 Å². The van der Waals surface area contributed by atoms with Gasteiger partial charge < -0.3 is 10.9 Å². The lowest BCUT2D eigenvalue weighted by atomic mass is 10.1. The smallest absolute Gasteiger partial charge is 0.170 e. The van der Waals surface area contributed by atoms with Gasteiger partial charge in [0.2, 0.25) is 0 Å². The van der Waals surface area contributed by atoms with Crippen LogP contribution < -0.4 is 5.73 Å². The van der Waals surface area contributed by atoms with E-state index in [9.17, 15) is 0 Å². The summed E-state index contributed by atoms with van der Waals surface area (Å²) in [6, 6.07) is 18.7. The molecule has 0 spiro atoms. The Morgan fingerprint density at radius 2 is 1.68 bits per heavy atom. The first-order valence-corrected chi connectivity index (χ1v) is 7.45. The fraction of sp³-hybridized carbons (Fsp3) is 0.278. The third-order valence-electron chi connectivity index (χ3n) is 3.67. The molecule has 22 heavy (non-hydrogen) atoms. The van der Waals surface area contributed by atoms with Gasteiger partial charge in [-0.25, -0.2) is 0 Å². The molecule has 2 aromatic carbocycles. The molecule has 0 unspecified atom stereocenters. The molecule has 0 aliphatic rings. The lowest BCUT2D eigenvalue weighted by Gasteiger charge is -2.27. The Hall–Kier alpha value is -2.33. The summed E-state index contributed by atoms with van der Waals surface area (Å²) in [4.78, 5) is 2.39. The zero-order valence-electron chi connectivity index (χ0n) is 13.1. The van der Waals surface area contributed by atoms with E-state index in [1.165, 1.54) is 5.56 Å². The van der Waals surface area contributed by atoms with E-state index in [-0.39, 0.29) is 5.84 Å². The molecule has 0 heterocycles. The minimum atomic E-state index is 0.140. The molecule has 2 rings (SSSR count). The third-order valence-corrected chi connectivity index (χ3v) is 3.67. The van der Waals surface area contributed by atoms with Crippen molar-refractivity contribution in [1.82, 2.24) is 4.90 Å². The normalized spacial score (nSPS) is 12.1. The summed E-state index contributed by atoms with van der Waals surface area (Å²) in [5, 5.41) is 11.9. The Kier molecular flexibility index (Phi) is 5.55. The van der Waals surface area contributed by atoms with Crippen LogP contribution in [0, 0.1) is 0 Å². The van der Waals surface area contributed by atoms with E-state index >= 15 is 0 Å². The number of nitrogens with zero attached hydrogens (tertiary/aromatic N) is 2. The predicted octanol–water partition coefficient (Wildman–Crippen LogP) is 3.19. The van der Waals surface area contributed by atoms with E-state index in [0.717, 1.165) is 24.2 Å². The van der Waals surface area contributed by atoms with E-state index in [4.69, 9.17) is 10.9 Å². The van der Waals surface area contributed by atoms with Crippen LogP contribution in [-0.2, 0) is 13.1 Å². The van der Waals surface area contributed by atoms with Gasteiger partial charge in [0.1, 0.15) is 0 Å². The van der Waals surface area contributed by atoms with Crippen LogP contribution in [0.15, 0.2) is 59.8 Å². The van der Waals surface area contributed by atoms with Crippen LogP contribution in [0.4, 0.5) is 0 Å². The van der Waals surface area contributed by atoms with Gasteiger partial charge in [0.15, 0.2) is 5.84 Å². The fourth-order valence-electron chi connectivity index (χ4n) is 2.36. The molecule has 4 nitrogen and oxygen atoms in total. The summed E-state index contributed by atoms with van der Waals surface area (Å²) >= 11 is 0. The lowest BCUT2D eigenvalue weighted by molar-refractivity contribution is 0.203. The summed E-state index contributed by atoms with van der Waals surface area (Å²) in [6.07, 6.45) is 0. The van der Waals surface area contributed by atoms with Crippen LogP contribution in [0.1, 0.15) is 30.5 Å². The maximum atomic E-state index is 8.80. The molecule has 0 amide bonds. The van der Waals surface area contributed by atoms with Gasteiger partial charge in [-0.1, -0.05) is 53.7 Å². The number of oxime groups is 1. The Morgan fingerprint density at radius 3 is 2.32 bits per heavy atom. The van der Waals surface area contributed by atoms with Crippen LogP contribution in [0.25, 0.3) is 0 Å². The second-order valence-electron chi connectivity index (χ2n) is 5.67. The number of nitrogens with two attached hydrogens (primary N) is 1. The number of amidine groups is 1. The lowest BCUT2D eigenvalue weighted by Crippen LogP contribution is -2.30. The Labute approximate surface area is 131 Å². The summed E-state index contributed by atoms with van der Waals surface area (Å²) in [7, 11) is 0. The summed E-state index contributed by atoms with van der Waals surface area (Å²) in [5.74, 6) is 0.140. The van der Waals surface area contributed by atoms with E-state index in [2.05, 4.69) is 54.2 Å². The SMILES string of the molecule is CC(C)N(Cc1ccccc1)Cc1cccc(/C(N)=N/O)c1. The molecule has 0 aliphatic heterocycles. The predicted molar refractivity (Wildman–Crippen MR) is 89.8 cm³/mol. The third kappa shape index (κ3) is 4.33. The highest BCUT2D eigenvalue weighted by atomic mass is 16.4. The second-order valence-corrected chi connectivity index (χ2v) is 5.67. The average molecular weight is 297 g/mol. The van der Waals surface area contributed by atoms with Gasteiger partial charge in [-0.15, -0.1) is 0 Å². The number of hydrogen-bond donors (Lipinski definition) is 2. The maximum absolute atomic E-state index is 8.80. The quantitative estimate of drug-likeness (QED) is 0.372. The zero-order valence-corrected chi connectivity index (χ0v) is 13.1. The molecule has 0 aromatic heterocycles. The van der Waals surface area contributed by atoms with Crippen molar-refractivity contribution in [3.05, 3.63) is 71.3 Å². The molecule has 116 valence electrons. The highest BCUT2D eigenvalue weighted by Crippen LogP contribution is 2.14. The van der Waals surface area contributed by atoms with Gasteiger partial charge in [-0.2, -0.15) is 0 Å². The molecule has 3 N–H and O–H groups in total. The molecule has 4 heteroatoms. The Balaban J connectivity index is 2.14. The van der Waals surface area contributed by atoms with E-state index < -0.39 is 0 Å². The molecule has 0 fully saturated rings. The minimum Gasteiger partial charge on any atom is -0.409 e. The second kappa shape index (κ2) is 7.61. The molecule has 0 radical (unpaired) electrons. The highest BCUT2D eigenvalue weighted by Gasteiger charge is 2.11. The van der Waals surface area contributed by atoms with Crippen molar-refractivity contribution >= 4 is 5.84 Å². The highest BCUT2D eigenvalue weighted by molar-refractivity contribution is 5.97. The first-order valence-electron chi connectivity index (χ1n) is 7.45. The van der Waals surface area contributed by atoms with Crippen molar-refractivity contribution < 1.29 is 5.21 Å². The van der Waals surface area contributed by atoms with E-state index in [0.29, 0.717) is 6.04 Å². The van der Waals surface area contributed by atoms with Crippen molar-refractivity contribution in [3.63, 3.8) is 0 Å². The molecule has 0 bridgehead atoms. The number of benzene rings is 2. The maximum Gasteiger partial charge on any atom is 0.170 e. The fourth-order valence-corrected chi connectivity index (χ4v) is 2.36. The van der Waals surface area contributed by atoms with Gasteiger partial charge in [0.05, 0.1) is 0 Å². The van der Waals surface area contributed by atoms with Gasteiger partial charge in [-0.3, -0.25) is 4.90 Å². The molecule has 0 saturated heterocycles. The van der Waals surface area contributed by atoms with Crippen LogP contribution in [0.5, 0.6) is 0 Å². The molecule has 2 aromatic rings. The van der Waals surface area contributed by atoms with Crippen molar-refractivity contribution in [2.24, 2.45) is 10.9 Å². The molecule has 0 aliphatic carbocycles. The van der Waals surface area contributed by atoms with Crippen LogP contribution >= 0.6 is 0 Å². The van der Waals surface area contributed by atoms with Crippen LogP contribution in [0.3, 0.4) is 0 Å². The standard InChI is InChI=1S/C18H23N3O/c1-14(2)21(12-15-7-4-3-5-8-15)13-16-9-6-10-17(11-16)18(19)20-22/h3-11,14,22H,12-13H2,1-2H3,(H2,19,20). The van der Waals surface area contributed by atoms with Crippen molar-refractivity contribution in [2.75, 3.05) is 0 Å². The Bertz CT molecular complexity index is 623. The Morgan fingerprint density at radius 1 is 1.05 bits per heavy atom. The van der Waals surface area contributed by atoms with E-state index in [1.54, 1.807) is 0 Å². The summed E-state index contributed by atoms with van der Waals surface area (Å²) in [5.41, 5.74) is 8.85. The molecule has 0 atom stereocenters. The zero-order chi connectivity index (χ0) is 15.9. The van der Waals surface area contributed by atoms with Gasteiger partial charge >= 0.3 is 0 Å². The average Bonchev–Trinajstić information content (AvgIpc) is 2.54.